The van der Waals surface area contributed by atoms with Crippen molar-refractivity contribution in [2.75, 3.05) is 39.6 Å². The van der Waals surface area contributed by atoms with Crippen molar-refractivity contribution in [3.05, 3.63) is 53.1 Å². The summed E-state index contributed by atoms with van der Waals surface area (Å²) < 4.78 is 11.1. The molecule has 1 unspecified atom stereocenters. The second-order valence-electron chi connectivity index (χ2n) is 8.00. The molecule has 0 bridgehead atoms. The number of benzene rings is 2. The van der Waals surface area contributed by atoms with E-state index in [1.54, 1.807) is 7.11 Å². The number of carbonyl (C=O) groups is 1. The van der Waals surface area contributed by atoms with E-state index in [-0.39, 0.29) is 12.4 Å². The zero-order valence-electron chi connectivity index (χ0n) is 17.3. The molecule has 5 heteroatoms. The molecule has 1 atom stereocenters. The van der Waals surface area contributed by atoms with E-state index in [0.29, 0.717) is 12.3 Å². The molecule has 0 fully saturated rings. The fourth-order valence-corrected chi connectivity index (χ4v) is 5.46. The molecule has 0 radical (unpaired) electrons. The van der Waals surface area contributed by atoms with E-state index >= 15 is 0 Å². The summed E-state index contributed by atoms with van der Waals surface area (Å²) in [7, 11) is 3.99. The van der Waals surface area contributed by atoms with Gasteiger partial charge in [0.15, 0.2) is 5.78 Å². The van der Waals surface area contributed by atoms with E-state index < -0.39 is 0 Å². The second-order valence-corrected chi connectivity index (χ2v) is 9.17. The van der Waals surface area contributed by atoms with Crippen molar-refractivity contribution in [3.8, 4) is 11.5 Å². The summed E-state index contributed by atoms with van der Waals surface area (Å²) in [6.07, 6.45) is 4.10. The Morgan fingerprint density at radius 3 is 3.03 bits per heavy atom. The zero-order valence-corrected chi connectivity index (χ0v) is 18.1. The molecule has 0 N–H and O–H groups in total. The zero-order chi connectivity index (χ0) is 20.2. The van der Waals surface area contributed by atoms with E-state index in [1.165, 1.54) is 28.9 Å². The monoisotopic (exact) mass is 411 g/mol. The van der Waals surface area contributed by atoms with Gasteiger partial charge in [-0.05, 0) is 67.6 Å². The Hall–Kier alpha value is -1.98. The van der Waals surface area contributed by atoms with Crippen molar-refractivity contribution in [2.45, 2.75) is 36.5 Å². The van der Waals surface area contributed by atoms with Crippen LogP contribution in [-0.2, 0) is 17.6 Å². The first-order chi connectivity index (χ1) is 14.1. The summed E-state index contributed by atoms with van der Waals surface area (Å²) in [5, 5.41) is 0. The summed E-state index contributed by atoms with van der Waals surface area (Å²) in [5.74, 6) is 3.67. The van der Waals surface area contributed by atoms with Gasteiger partial charge in [0.1, 0.15) is 18.1 Å². The molecule has 154 valence electrons. The predicted molar refractivity (Wildman–Crippen MR) is 118 cm³/mol. The molecule has 1 aliphatic carbocycles. The maximum atomic E-state index is 11.6. The van der Waals surface area contributed by atoms with Crippen LogP contribution in [0.5, 0.6) is 11.5 Å². The minimum Gasteiger partial charge on any atom is -0.496 e. The summed E-state index contributed by atoms with van der Waals surface area (Å²) >= 11 is 1.85. The quantitative estimate of drug-likeness (QED) is 0.634. The van der Waals surface area contributed by atoms with Gasteiger partial charge >= 0.3 is 0 Å². The number of ketones is 1. The Balaban J connectivity index is 1.31. The van der Waals surface area contributed by atoms with Crippen LogP contribution in [0, 0.1) is 0 Å². The van der Waals surface area contributed by atoms with Crippen LogP contribution in [0.25, 0.3) is 0 Å². The summed E-state index contributed by atoms with van der Waals surface area (Å²) in [5.41, 5.74) is 3.89. The van der Waals surface area contributed by atoms with Crippen molar-refractivity contribution >= 4 is 17.5 Å². The van der Waals surface area contributed by atoms with Crippen LogP contribution in [0.4, 0.5) is 0 Å². The summed E-state index contributed by atoms with van der Waals surface area (Å²) in [6.45, 7) is 2.32. The van der Waals surface area contributed by atoms with Gasteiger partial charge in [-0.3, -0.25) is 4.79 Å². The smallest absolute Gasteiger partial charge is 0.174 e. The Morgan fingerprint density at radius 2 is 2.17 bits per heavy atom. The number of hydrogen-bond donors (Lipinski definition) is 0. The van der Waals surface area contributed by atoms with Crippen LogP contribution in [0.3, 0.4) is 0 Å². The van der Waals surface area contributed by atoms with E-state index in [2.05, 4.69) is 42.3 Å². The minimum absolute atomic E-state index is 0.156. The molecule has 0 spiro atoms. The van der Waals surface area contributed by atoms with E-state index in [0.717, 1.165) is 42.3 Å². The number of nitrogens with zero attached hydrogens (tertiary/aromatic N) is 1. The minimum atomic E-state index is 0.156. The second kappa shape index (κ2) is 9.23. The largest absolute Gasteiger partial charge is 0.496 e. The molecule has 2 aliphatic rings. The van der Waals surface area contributed by atoms with Crippen LogP contribution >= 0.6 is 11.8 Å². The molecule has 4 nitrogen and oxygen atoms in total. The van der Waals surface area contributed by atoms with Crippen molar-refractivity contribution < 1.29 is 14.3 Å². The molecular formula is C24H29NO3S. The normalized spacial score (nSPS) is 18.2. The lowest BCUT2D eigenvalue weighted by molar-refractivity contribution is -0.121. The maximum Gasteiger partial charge on any atom is 0.174 e. The van der Waals surface area contributed by atoms with Crippen LogP contribution in [0.1, 0.15) is 35.4 Å². The lowest BCUT2D eigenvalue weighted by atomic mass is 9.82. The molecule has 1 heterocycles. The van der Waals surface area contributed by atoms with Crippen molar-refractivity contribution in [2.24, 2.45) is 0 Å². The highest BCUT2D eigenvalue weighted by atomic mass is 32.2. The van der Waals surface area contributed by atoms with Gasteiger partial charge in [-0.25, -0.2) is 0 Å². The van der Waals surface area contributed by atoms with Gasteiger partial charge in [-0.1, -0.05) is 12.1 Å². The van der Waals surface area contributed by atoms with Crippen LogP contribution in [-0.4, -0.2) is 50.3 Å². The number of carbonyl (C=O) groups excluding carboxylic acids is 1. The number of fused-ring (bicyclic) bond motifs is 2. The average molecular weight is 412 g/mol. The molecule has 0 amide bonds. The lowest BCUT2D eigenvalue weighted by Gasteiger charge is -2.30. The third-order valence-corrected chi connectivity index (χ3v) is 6.86. The number of hydrogen-bond acceptors (Lipinski definition) is 5. The van der Waals surface area contributed by atoms with Gasteiger partial charge < -0.3 is 14.4 Å². The van der Waals surface area contributed by atoms with E-state index in [9.17, 15) is 4.79 Å². The van der Waals surface area contributed by atoms with Crippen molar-refractivity contribution in [1.29, 1.82) is 0 Å². The van der Waals surface area contributed by atoms with Crippen LogP contribution in [0.2, 0.25) is 0 Å². The maximum absolute atomic E-state index is 11.6. The SMILES string of the molecule is COc1cccc2c1CCCC2CN(C)CCSc1ccc2c(c1)CC(=O)CO2. The molecule has 2 aromatic rings. The Morgan fingerprint density at radius 1 is 1.28 bits per heavy atom. The molecule has 2 aromatic carbocycles. The van der Waals surface area contributed by atoms with Crippen molar-refractivity contribution in [1.82, 2.24) is 4.90 Å². The first kappa shape index (κ1) is 20.3. The number of rotatable bonds is 7. The fourth-order valence-electron chi connectivity index (χ4n) is 4.43. The number of Topliss-reactive ketones (excluding diaryl/α,β-unsaturated/α-hetero) is 1. The molecular weight excluding hydrogens is 382 g/mol. The average Bonchev–Trinajstić information content (AvgIpc) is 2.73. The van der Waals surface area contributed by atoms with Crippen LogP contribution < -0.4 is 9.47 Å². The Labute approximate surface area is 177 Å². The Kier molecular flexibility index (Phi) is 6.46. The topological polar surface area (TPSA) is 38.8 Å². The number of methoxy groups -OCH3 is 1. The highest BCUT2D eigenvalue weighted by Crippen LogP contribution is 2.37. The predicted octanol–water partition coefficient (Wildman–Crippen LogP) is 4.34. The van der Waals surface area contributed by atoms with Gasteiger partial charge in [-0.2, -0.15) is 0 Å². The molecule has 0 aromatic heterocycles. The van der Waals surface area contributed by atoms with E-state index in [1.807, 2.05) is 17.8 Å². The number of ether oxygens (including phenoxy) is 2. The first-order valence-corrected chi connectivity index (χ1v) is 11.4. The van der Waals surface area contributed by atoms with Gasteiger partial charge in [0.05, 0.1) is 7.11 Å². The van der Waals surface area contributed by atoms with Gasteiger partial charge in [0.2, 0.25) is 0 Å². The lowest BCUT2D eigenvalue weighted by Crippen LogP contribution is -2.28. The number of thioether (sulfide) groups is 1. The van der Waals surface area contributed by atoms with Gasteiger partial charge in [0.25, 0.3) is 0 Å². The third-order valence-electron chi connectivity index (χ3n) is 5.89. The van der Waals surface area contributed by atoms with E-state index in [4.69, 9.17) is 9.47 Å². The van der Waals surface area contributed by atoms with Crippen molar-refractivity contribution in [3.63, 3.8) is 0 Å². The molecule has 4 rings (SSSR count). The number of likely N-dealkylation sites (N-methyl/N-ethyl adjacent to an activating group) is 1. The highest BCUT2D eigenvalue weighted by molar-refractivity contribution is 7.99. The van der Waals surface area contributed by atoms with Gasteiger partial charge in [0, 0.05) is 35.7 Å². The highest BCUT2D eigenvalue weighted by Gasteiger charge is 2.23. The van der Waals surface area contributed by atoms with Crippen LogP contribution in [0.15, 0.2) is 41.3 Å². The van der Waals surface area contributed by atoms with Gasteiger partial charge in [-0.15, -0.1) is 11.8 Å². The molecule has 1 aliphatic heterocycles. The summed E-state index contributed by atoms with van der Waals surface area (Å²) in [4.78, 5) is 15.3. The molecule has 29 heavy (non-hydrogen) atoms. The Bertz CT molecular complexity index is 882. The molecule has 0 saturated heterocycles. The fraction of sp³-hybridized carbons (Fsp3) is 0.458. The summed E-state index contributed by atoms with van der Waals surface area (Å²) in [6, 6.07) is 12.7. The third kappa shape index (κ3) is 4.78. The first-order valence-electron chi connectivity index (χ1n) is 10.4. The standard InChI is InChI=1S/C24H29NO3S/c1-25(15-17-5-3-7-22-21(17)6-4-8-24(22)27-2)11-12-29-20-9-10-23-18(14-20)13-19(26)16-28-23/h4,6,8-10,14,17H,3,5,7,11-13,15-16H2,1-2H3. The molecule has 0 saturated carbocycles.